The van der Waals surface area contributed by atoms with Gasteiger partial charge in [-0.3, -0.25) is 4.79 Å². The average Bonchev–Trinajstić information content (AvgIpc) is 2.95. The van der Waals surface area contributed by atoms with E-state index in [1.54, 1.807) is 13.2 Å². The Morgan fingerprint density at radius 1 is 1.14 bits per heavy atom. The third kappa shape index (κ3) is 2.91. The summed E-state index contributed by atoms with van der Waals surface area (Å²) in [4.78, 5) is 15.2. The summed E-state index contributed by atoms with van der Waals surface area (Å²) in [7, 11) is 1.62. The highest BCUT2D eigenvalue weighted by molar-refractivity contribution is 6.06. The Morgan fingerprint density at radius 3 is 2.64 bits per heavy atom. The van der Waals surface area contributed by atoms with E-state index in [-0.39, 0.29) is 11.6 Å². The van der Waals surface area contributed by atoms with Crippen LogP contribution in [0.2, 0.25) is 0 Å². The minimum absolute atomic E-state index is 0.170. The number of methoxy groups -OCH3 is 1. The van der Waals surface area contributed by atoms with E-state index in [4.69, 9.17) is 4.74 Å². The molecule has 22 heavy (non-hydrogen) atoms. The van der Waals surface area contributed by atoms with Gasteiger partial charge in [0.1, 0.15) is 11.6 Å². The molecule has 0 amide bonds. The van der Waals surface area contributed by atoms with Crippen molar-refractivity contribution in [2.75, 3.05) is 7.11 Å². The van der Waals surface area contributed by atoms with Crippen molar-refractivity contribution in [3.05, 3.63) is 71.7 Å². The van der Waals surface area contributed by atoms with Crippen LogP contribution in [-0.4, -0.2) is 17.9 Å². The number of hydrogen-bond donors (Lipinski definition) is 1. The number of benzene rings is 2. The maximum atomic E-state index is 12.8. The van der Waals surface area contributed by atoms with Gasteiger partial charge in [0.2, 0.25) is 0 Å². The van der Waals surface area contributed by atoms with Gasteiger partial charge in [-0.2, -0.15) is 0 Å². The molecule has 0 saturated heterocycles. The fraction of sp³-hybridized carbons (Fsp3) is 0.0556. The van der Waals surface area contributed by atoms with Crippen LogP contribution >= 0.6 is 0 Å². The molecule has 1 N–H and O–H groups in total. The molecule has 0 spiro atoms. The maximum Gasteiger partial charge on any atom is 0.185 e. The minimum atomic E-state index is -0.356. The SMILES string of the molecule is COc1ccc2[nH]c(/C=C\C(=O)c3ccc(F)cc3)cc2c1. The number of ketones is 1. The molecule has 0 atom stereocenters. The smallest absolute Gasteiger partial charge is 0.185 e. The quantitative estimate of drug-likeness (QED) is 0.578. The predicted octanol–water partition coefficient (Wildman–Crippen LogP) is 4.21. The summed E-state index contributed by atoms with van der Waals surface area (Å²) in [5, 5.41) is 1.01. The zero-order valence-corrected chi connectivity index (χ0v) is 12.0. The Hall–Kier alpha value is -2.88. The molecule has 0 radical (unpaired) electrons. The van der Waals surface area contributed by atoms with E-state index < -0.39 is 0 Å². The number of aromatic amines is 1. The largest absolute Gasteiger partial charge is 0.497 e. The normalized spacial score (nSPS) is 11.2. The number of nitrogens with one attached hydrogen (secondary N) is 1. The molecule has 2 aromatic carbocycles. The van der Waals surface area contributed by atoms with Gasteiger partial charge >= 0.3 is 0 Å². The number of H-pyrrole nitrogens is 1. The molecular weight excluding hydrogens is 281 g/mol. The molecule has 0 aliphatic heterocycles. The van der Waals surface area contributed by atoms with E-state index in [1.807, 2.05) is 24.3 Å². The first kappa shape index (κ1) is 14.1. The summed E-state index contributed by atoms with van der Waals surface area (Å²) in [5.74, 6) is 0.255. The highest BCUT2D eigenvalue weighted by atomic mass is 19.1. The third-order valence-electron chi connectivity index (χ3n) is 3.39. The Labute approximate surface area is 127 Å². The number of ether oxygens (including phenoxy) is 1. The van der Waals surface area contributed by atoms with Crippen LogP contribution in [0.25, 0.3) is 17.0 Å². The summed E-state index contributed by atoms with van der Waals surface area (Å²) in [6.45, 7) is 0. The van der Waals surface area contributed by atoms with Gasteiger partial charge in [0.25, 0.3) is 0 Å². The number of fused-ring (bicyclic) bond motifs is 1. The van der Waals surface area contributed by atoms with Crippen LogP contribution in [0.5, 0.6) is 5.75 Å². The molecule has 0 saturated carbocycles. The Morgan fingerprint density at radius 2 is 1.91 bits per heavy atom. The molecule has 0 bridgehead atoms. The molecule has 0 aliphatic carbocycles. The molecule has 1 heterocycles. The molecule has 3 nitrogen and oxygen atoms in total. The minimum Gasteiger partial charge on any atom is -0.497 e. The van der Waals surface area contributed by atoms with Gasteiger partial charge in [-0.15, -0.1) is 0 Å². The zero-order chi connectivity index (χ0) is 15.5. The van der Waals surface area contributed by atoms with E-state index in [9.17, 15) is 9.18 Å². The van der Waals surface area contributed by atoms with Crippen LogP contribution in [-0.2, 0) is 0 Å². The van der Waals surface area contributed by atoms with Gasteiger partial charge in [0.15, 0.2) is 5.78 Å². The molecule has 1 aromatic heterocycles. The molecule has 110 valence electrons. The van der Waals surface area contributed by atoms with E-state index in [2.05, 4.69) is 4.98 Å². The fourth-order valence-corrected chi connectivity index (χ4v) is 2.23. The molecule has 3 aromatic rings. The molecule has 4 heteroatoms. The van der Waals surface area contributed by atoms with Crippen molar-refractivity contribution in [3.63, 3.8) is 0 Å². The van der Waals surface area contributed by atoms with E-state index in [1.165, 1.54) is 30.3 Å². The van der Waals surface area contributed by atoms with Gasteiger partial charge in [0.05, 0.1) is 7.11 Å². The van der Waals surface area contributed by atoms with Crippen molar-refractivity contribution in [2.24, 2.45) is 0 Å². The van der Waals surface area contributed by atoms with E-state index >= 15 is 0 Å². The first-order valence-corrected chi connectivity index (χ1v) is 6.80. The summed E-state index contributed by atoms with van der Waals surface area (Å²) >= 11 is 0. The monoisotopic (exact) mass is 295 g/mol. The van der Waals surface area contributed by atoms with Gasteiger partial charge in [-0.25, -0.2) is 4.39 Å². The number of hydrogen-bond acceptors (Lipinski definition) is 2. The van der Waals surface area contributed by atoms with E-state index in [0.29, 0.717) is 5.56 Å². The van der Waals surface area contributed by atoms with Crippen LogP contribution in [0.1, 0.15) is 16.1 Å². The van der Waals surface area contributed by atoms with Crippen molar-refractivity contribution in [3.8, 4) is 5.75 Å². The van der Waals surface area contributed by atoms with Crippen LogP contribution in [0.15, 0.2) is 54.6 Å². The lowest BCUT2D eigenvalue weighted by Gasteiger charge is -1.97. The average molecular weight is 295 g/mol. The van der Waals surface area contributed by atoms with Crippen molar-refractivity contribution in [2.45, 2.75) is 0 Å². The third-order valence-corrected chi connectivity index (χ3v) is 3.39. The second-order valence-corrected chi connectivity index (χ2v) is 4.88. The predicted molar refractivity (Wildman–Crippen MR) is 84.6 cm³/mol. The second-order valence-electron chi connectivity index (χ2n) is 4.88. The number of rotatable bonds is 4. The van der Waals surface area contributed by atoms with Gasteiger partial charge in [-0.1, -0.05) is 0 Å². The van der Waals surface area contributed by atoms with Crippen molar-refractivity contribution in [1.82, 2.24) is 4.98 Å². The first-order valence-electron chi connectivity index (χ1n) is 6.80. The lowest BCUT2D eigenvalue weighted by Crippen LogP contribution is -1.93. The highest BCUT2D eigenvalue weighted by Gasteiger charge is 2.03. The number of carbonyl (C=O) groups excluding carboxylic acids is 1. The maximum absolute atomic E-state index is 12.8. The zero-order valence-electron chi connectivity index (χ0n) is 12.0. The lowest BCUT2D eigenvalue weighted by atomic mass is 10.1. The van der Waals surface area contributed by atoms with Gasteiger partial charge < -0.3 is 9.72 Å². The number of allylic oxidation sites excluding steroid dienone is 1. The first-order chi connectivity index (χ1) is 10.7. The molecule has 0 aliphatic rings. The molecule has 0 unspecified atom stereocenters. The van der Waals surface area contributed by atoms with E-state index in [0.717, 1.165) is 22.3 Å². The Kier molecular flexibility index (Phi) is 3.74. The highest BCUT2D eigenvalue weighted by Crippen LogP contribution is 2.22. The Bertz CT molecular complexity index is 847. The van der Waals surface area contributed by atoms with Crippen LogP contribution in [0.4, 0.5) is 4.39 Å². The molecule has 3 rings (SSSR count). The lowest BCUT2D eigenvalue weighted by molar-refractivity contribution is 0.104. The van der Waals surface area contributed by atoms with Crippen molar-refractivity contribution >= 4 is 22.8 Å². The summed E-state index contributed by atoms with van der Waals surface area (Å²) in [6, 6.07) is 13.1. The summed E-state index contributed by atoms with van der Waals surface area (Å²) in [5.41, 5.74) is 2.24. The van der Waals surface area contributed by atoms with Crippen molar-refractivity contribution in [1.29, 1.82) is 0 Å². The Balaban J connectivity index is 1.82. The van der Waals surface area contributed by atoms with Gasteiger partial charge in [0, 0.05) is 22.2 Å². The fourth-order valence-electron chi connectivity index (χ4n) is 2.23. The number of halogens is 1. The second kappa shape index (κ2) is 5.85. The summed E-state index contributed by atoms with van der Waals surface area (Å²) in [6.07, 6.45) is 3.17. The number of aromatic nitrogens is 1. The van der Waals surface area contributed by atoms with Crippen LogP contribution < -0.4 is 4.74 Å². The molecular formula is C18H14FNO2. The van der Waals surface area contributed by atoms with Crippen LogP contribution in [0, 0.1) is 5.82 Å². The standard InChI is InChI=1S/C18H14FNO2/c1-22-16-7-8-17-13(11-16)10-15(20-17)6-9-18(21)12-2-4-14(19)5-3-12/h2-11,20H,1H3/b9-6-. The van der Waals surface area contributed by atoms with Crippen molar-refractivity contribution < 1.29 is 13.9 Å². The van der Waals surface area contributed by atoms with Crippen LogP contribution in [0.3, 0.4) is 0 Å². The van der Waals surface area contributed by atoms with Gasteiger partial charge in [-0.05, 0) is 60.7 Å². The molecule has 0 fully saturated rings. The number of carbonyl (C=O) groups is 1. The topological polar surface area (TPSA) is 42.1 Å². The summed E-state index contributed by atoms with van der Waals surface area (Å²) < 4.78 is 18.0.